The lowest BCUT2D eigenvalue weighted by molar-refractivity contribution is 0.0784. The summed E-state index contributed by atoms with van der Waals surface area (Å²) in [5, 5.41) is 9.03. The second kappa shape index (κ2) is 4.19. The van der Waals surface area contributed by atoms with Crippen LogP contribution >= 0.6 is 0 Å². The number of H-pyrrole nitrogens is 1. The first-order valence-corrected chi connectivity index (χ1v) is 5.85. The monoisotopic (exact) mass is 227 g/mol. The van der Waals surface area contributed by atoms with Gasteiger partial charge in [-0.1, -0.05) is 6.07 Å². The Morgan fingerprint density at radius 3 is 3.18 bits per heavy atom. The van der Waals surface area contributed by atoms with E-state index in [1.165, 1.54) is 0 Å². The van der Waals surface area contributed by atoms with Gasteiger partial charge in [-0.15, -0.1) is 0 Å². The summed E-state index contributed by atoms with van der Waals surface area (Å²) in [6, 6.07) is 7.80. The highest BCUT2D eigenvalue weighted by molar-refractivity contribution is 5.81. The number of hydrogen-bond acceptors (Lipinski definition) is 3. The van der Waals surface area contributed by atoms with Crippen molar-refractivity contribution in [2.75, 3.05) is 13.2 Å². The maximum atomic E-state index is 9.03. The van der Waals surface area contributed by atoms with Crippen molar-refractivity contribution in [3.8, 4) is 6.07 Å². The predicted octanol–water partition coefficient (Wildman–Crippen LogP) is 2.33. The molecule has 1 fully saturated rings. The number of nitrogens with zero attached hydrogens (tertiary/aromatic N) is 2. The van der Waals surface area contributed by atoms with E-state index >= 15 is 0 Å². The molecule has 4 heteroatoms. The molecule has 4 nitrogen and oxygen atoms in total. The highest BCUT2D eigenvalue weighted by atomic mass is 16.5. The fraction of sp³-hybridized carbons (Fsp3) is 0.385. The van der Waals surface area contributed by atoms with E-state index in [-0.39, 0.29) is 0 Å². The lowest BCUT2D eigenvalue weighted by Crippen LogP contribution is -2.16. The number of benzene rings is 1. The van der Waals surface area contributed by atoms with Crippen molar-refractivity contribution in [2.45, 2.75) is 18.8 Å². The van der Waals surface area contributed by atoms with Gasteiger partial charge in [0.05, 0.1) is 17.7 Å². The molecule has 1 unspecified atom stereocenters. The largest absolute Gasteiger partial charge is 0.381 e. The molecule has 0 saturated carbocycles. The molecule has 1 saturated heterocycles. The molecule has 0 radical (unpaired) electrons. The van der Waals surface area contributed by atoms with Gasteiger partial charge in [0.25, 0.3) is 0 Å². The average molecular weight is 227 g/mol. The second-order valence-electron chi connectivity index (χ2n) is 4.35. The van der Waals surface area contributed by atoms with Crippen LogP contribution in [0.4, 0.5) is 0 Å². The molecule has 2 heterocycles. The van der Waals surface area contributed by atoms with Gasteiger partial charge in [0.2, 0.25) is 0 Å². The topological polar surface area (TPSA) is 61.7 Å². The maximum Gasteiger partial charge on any atom is 0.112 e. The van der Waals surface area contributed by atoms with Crippen molar-refractivity contribution in [3.05, 3.63) is 29.6 Å². The zero-order valence-corrected chi connectivity index (χ0v) is 9.44. The van der Waals surface area contributed by atoms with Crippen LogP contribution in [0.3, 0.4) is 0 Å². The molecule has 0 spiro atoms. The van der Waals surface area contributed by atoms with Crippen LogP contribution in [0.2, 0.25) is 0 Å². The number of rotatable bonds is 1. The van der Waals surface area contributed by atoms with Crippen LogP contribution in [0.25, 0.3) is 11.0 Å². The molecule has 1 aromatic heterocycles. The fourth-order valence-electron chi connectivity index (χ4n) is 2.29. The molecule has 1 atom stereocenters. The van der Waals surface area contributed by atoms with Gasteiger partial charge >= 0.3 is 0 Å². The third-order valence-corrected chi connectivity index (χ3v) is 3.20. The summed E-state index contributed by atoms with van der Waals surface area (Å²) in [7, 11) is 0. The Kier molecular flexibility index (Phi) is 2.54. The van der Waals surface area contributed by atoms with Gasteiger partial charge < -0.3 is 9.72 Å². The fourth-order valence-corrected chi connectivity index (χ4v) is 2.29. The summed E-state index contributed by atoms with van der Waals surface area (Å²) in [5.41, 5.74) is 2.34. The number of nitriles is 1. The van der Waals surface area contributed by atoms with Gasteiger partial charge in [0.15, 0.2) is 0 Å². The van der Waals surface area contributed by atoms with Crippen LogP contribution < -0.4 is 0 Å². The average Bonchev–Trinajstić information content (AvgIpc) is 2.83. The highest BCUT2D eigenvalue weighted by Crippen LogP contribution is 2.26. The first-order chi connectivity index (χ1) is 8.38. The first kappa shape index (κ1) is 10.3. The standard InChI is InChI=1S/C13H13N3O/c14-7-9-3-1-5-11-12(9)16-13(15-11)10-4-2-6-17-8-10/h1,3,5,10H,2,4,6,8H2,(H,15,16). The van der Waals surface area contributed by atoms with E-state index in [1.54, 1.807) is 6.07 Å². The Bertz CT molecular complexity index is 576. The molecule has 0 bridgehead atoms. The molecular formula is C13H13N3O. The molecule has 0 amide bonds. The van der Waals surface area contributed by atoms with Crippen LogP contribution in [0.1, 0.15) is 30.1 Å². The Morgan fingerprint density at radius 2 is 2.41 bits per heavy atom. The summed E-state index contributed by atoms with van der Waals surface area (Å²) in [6.07, 6.45) is 2.18. The Hall–Kier alpha value is -1.86. The smallest absolute Gasteiger partial charge is 0.112 e. The minimum absolute atomic E-state index is 0.336. The number of nitrogens with one attached hydrogen (secondary N) is 1. The molecule has 1 aromatic carbocycles. The maximum absolute atomic E-state index is 9.03. The van der Waals surface area contributed by atoms with E-state index in [9.17, 15) is 0 Å². The van der Waals surface area contributed by atoms with Crippen molar-refractivity contribution in [3.63, 3.8) is 0 Å². The van der Waals surface area contributed by atoms with Crippen molar-refractivity contribution in [1.82, 2.24) is 9.97 Å². The Morgan fingerprint density at radius 1 is 1.47 bits per heavy atom. The van der Waals surface area contributed by atoms with E-state index in [0.29, 0.717) is 11.5 Å². The molecule has 1 aliphatic rings. The Labute approximate surface area is 99.2 Å². The molecule has 2 aromatic rings. The molecule has 17 heavy (non-hydrogen) atoms. The molecule has 1 N–H and O–H groups in total. The van der Waals surface area contributed by atoms with Crippen LogP contribution in [0.5, 0.6) is 0 Å². The third kappa shape index (κ3) is 1.79. The van der Waals surface area contributed by atoms with Crippen molar-refractivity contribution in [2.24, 2.45) is 0 Å². The second-order valence-corrected chi connectivity index (χ2v) is 4.35. The van der Waals surface area contributed by atoms with Gasteiger partial charge in [-0.2, -0.15) is 5.26 Å². The molecule has 86 valence electrons. The SMILES string of the molecule is N#Cc1cccc2[nH]c(C3CCCOC3)nc12. The van der Waals surface area contributed by atoms with Gasteiger partial charge in [0.1, 0.15) is 17.4 Å². The first-order valence-electron chi connectivity index (χ1n) is 5.85. The normalized spacial score (nSPS) is 20.3. The lowest BCUT2D eigenvalue weighted by Gasteiger charge is -2.19. The van der Waals surface area contributed by atoms with Crippen LogP contribution in [-0.2, 0) is 4.74 Å². The van der Waals surface area contributed by atoms with Crippen molar-refractivity contribution < 1.29 is 4.74 Å². The van der Waals surface area contributed by atoms with Crippen molar-refractivity contribution in [1.29, 1.82) is 5.26 Å². The van der Waals surface area contributed by atoms with E-state index in [1.807, 2.05) is 12.1 Å². The summed E-state index contributed by atoms with van der Waals surface area (Å²) in [5.74, 6) is 1.28. The number of hydrogen-bond donors (Lipinski definition) is 1. The number of para-hydroxylation sites is 1. The van der Waals surface area contributed by atoms with E-state index in [2.05, 4.69) is 16.0 Å². The molecule has 3 rings (SSSR count). The zero-order chi connectivity index (χ0) is 11.7. The number of aromatic nitrogens is 2. The predicted molar refractivity (Wildman–Crippen MR) is 63.6 cm³/mol. The Balaban J connectivity index is 2.04. The zero-order valence-electron chi connectivity index (χ0n) is 9.44. The summed E-state index contributed by atoms with van der Waals surface area (Å²) in [6.45, 7) is 1.57. The van der Waals surface area contributed by atoms with Crippen molar-refractivity contribution >= 4 is 11.0 Å². The van der Waals surface area contributed by atoms with Gasteiger partial charge in [0, 0.05) is 12.5 Å². The minimum Gasteiger partial charge on any atom is -0.381 e. The van der Waals surface area contributed by atoms with E-state index < -0.39 is 0 Å². The number of ether oxygens (including phenoxy) is 1. The summed E-state index contributed by atoms with van der Waals surface area (Å²) < 4.78 is 5.46. The molecular weight excluding hydrogens is 214 g/mol. The quantitative estimate of drug-likeness (QED) is 0.813. The van der Waals surface area contributed by atoms with E-state index in [4.69, 9.17) is 10.00 Å². The molecule has 1 aliphatic heterocycles. The van der Waals surface area contributed by atoms with Gasteiger partial charge in [-0.3, -0.25) is 0 Å². The number of imidazole rings is 1. The summed E-state index contributed by atoms with van der Waals surface area (Å²) >= 11 is 0. The number of fused-ring (bicyclic) bond motifs is 1. The third-order valence-electron chi connectivity index (χ3n) is 3.20. The molecule has 0 aliphatic carbocycles. The van der Waals surface area contributed by atoms with Gasteiger partial charge in [-0.05, 0) is 25.0 Å². The van der Waals surface area contributed by atoms with Crippen LogP contribution in [0, 0.1) is 11.3 Å². The minimum atomic E-state index is 0.336. The van der Waals surface area contributed by atoms with E-state index in [0.717, 1.165) is 42.9 Å². The number of aromatic amines is 1. The van der Waals surface area contributed by atoms with Crippen LogP contribution in [-0.4, -0.2) is 23.2 Å². The summed E-state index contributed by atoms with van der Waals surface area (Å²) in [4.78, 5) is 7.85. The van der Waals surface area contributed by atoms with Crippen LogP contribution in [0.15, 0.2) is 18.2 Å². The highest BCUT2D eigenvalue weighted by Gasteiger charge is 2.19. The van der Waals surface area contributed by atoms with Gasteiger partial charge in [-0.25, -0.2) is 4.98 Å². The lowest BCUT2D eigenvalue weighted by atomic mass is 10.0.